The fraction of sp³-hybridized carbons (Fsp3) is 0.0800. The fourth-order valence-corrected chi connectivity index (χ4v) is 3.45. The highest BCUT2D eigenvalue weighted by molar-refractivity contribution is 6.32. The van der Waals surface area contributed by atoms with Gasteiger partial charge in [-0.1, -0.05) is 23.7 Å². The number of ether oxygens (including phenoxy) is 1. The van der Waals surface area contributed by atoms with E-state index in [1.165, 1.54) is 49.7 Å². The topological polar surface area (TPSA) is 99.0 Å². The molecule has 10 heteroatoms. The van der Waals surface area contributed by atoms with E-state index in [0.717, 1.165) is 0 Å². The van der Waals surface area contributed by atoms with E-state index < -0.39 is 5.91 Å². The molecule has 0 bridgehead atoms. The average Bonchev–Trinajstić information content (AvgIpc) is 3.30. The summed E-state index contributed by atoms with van der Waals surface area (Å²) < 4.78 is 20.1. The SMILES string of the molecule is COc1cc(C(=O)CNC(=O)/C=C/c2nnc(-c3ccc(F)cc3)n2-c2ccccc2Cl)ccn1. The molecular weight excluding hydrogens is 473 g/mol. The first-order chi connectivity index (χ1) is 17.0. The zero-order valence-electron chi connectivity index (χ0n) is 18.5. The molecule has 2 aromatic carbocycles. The molecule has 0 atom stereocenters. The lowest BCUT2D eigenvalue weighted by atomic mass is 10.2. The highest BCUT2D eigenvalue weighted by Gasteiger charge is 2.16. The summed E-state index contributed by atoms with van der Waals surface area (Å²) in [6, 6.07) is 15.9. The Morgan fingerprint density at radius 2 is 1.89 bits per heavy atom. The maximum atomic E-state index is 13.4. The lowest BCUT2D eigenvalue weighted by Crippen LogP contribution is -2.28. The van der Waals surface area contributed by atoms with E-state index in [9.17, 15) is 14.0 Å². The van der Waals surface area contributed by atoms with Crippen molar-refractivity contribution < 1.29 is 18.7 Å². The molecule has 2 heterocycles. The number of rotatable bonds is 8. The minimum absolute atomic E-state index is 0.214. The van der Waals surface area contributed by atoms with Gasteiger partial charge in [0.05, 0.1) is 24.4 Å². The molecule has 0 saturated carbocycles. The highest BCUT2D eigenvalue weighted by atomic mass is 35.5. The summed E-state index contributed by atoms with van der Waals surface area (Å²) in [6.45, 7) is -0.214. The van der Waals surface area contributed by atoms with Gasteiger partial charge < -0.3 is 10.1 Å². The first kappa shape index (κ1) is 23.8. The summed E-state index contributed by atoms with van der Waals surface area (Å²) in [4.78, 5) is 28.7. The van der Waals surface area contributed by atoms with Gasteiger partial charge in [0, 0.05) is 29.5 Å². The molecule has 0 spiro atoms. The summed E-state index contributed by atoms with van der Waals surface area (Å²) in [6.07, 6.45) is 4.15. The van der Waals surface area contributed by atoms with Crippen molar-refractivity contribution in [3.05, 3.63) is 95.2 Å². The lowest BCUT2D eigenvalue weighted by molar-refractivity contribution is -0.116. The van der Waals surface area contributed by atoms with E-state index in [4.69, 9.17) is 16.3 Å². The van der Waals surface area contributed by atoms with Crippen molar-refractivity contribution in [1.29, 1.82) is 0 Å². The number of nitrogens with zero attached hydrogens (tertiary/aromatic N) is 4. The largest absolute Gasteiger partial charge is 0.481 e. The van der Waals surface area contributed by atoms with Gasteiger partial charge in [-0.2, -0.15) is 0 Å². The van der Waals surface area contributed by atoms with Crippen molar-refractivity contribution >= 4 is 29.4 Å². The number of pyridine rings is 1. The number of nitrogens with one attached hydrogen (secondary N) is 1. The summed E-state index contributed by atoms with van der Waals surface area (Å²) >= 11 is 6.41. The van der Waals surface area contributed by atoms with Crippen LogP contribution in [-0.4, -0.2) is 45.1 Å². The molecule has 0 aliphatic rings. The number of halogens is 2. The zero-order valence-corrected chi connectivity index (χ0v) is 19.2. The first-order valence-electron chi connectivity index (χ1n) is 10.4. The van der Waals surface area contributed by atoms with Crippen molar-refractivity contribution in [3.8, 4) is 23.0 Å². The van der Waals surface area contributed by atoms with Crippen LogP contribution in [0.1, 0.15) is 16.2 Å². The molecule has 0 radical (unpaired) electrons. The molecular formula is C25H19ClFN5O3. The summed E-state index contributed by atoms with van der Waals surface area (Å²) in [5.41, 5.74) is 1.56. The number of hydrogen-bond acceptors (Lipinski definition) is 6. The molecule has 1 N–H and O–H groups in total. The van der Waals surface area contributed by atoms with Crippen LogP contribution >= 0.6 is 11.6 Å². The number of carbonyl (C=O) groups excluding carboxylic acids is 2. The van der Waals surface area contributed by atoms with Crippen LogP contribution in [0, 0.1) is 5.82 Å². The van der Waals surface area contributed by atoms with Crippen LogP contribution in [-0.2, 0) is 4.79 Å². The molecule has 176 valence electrons. The molecule has 0 fully saturated rings. The predicted molar refractivity (Wildman–Crippen MR) is 129 cm³/mol. The van der Waals surface area contributed by atoms with Gasteiger partial charge in [-0.3, -0.25) is 14.2 Å². The third-order valence-corrected chi connectivity index (χ3v) is 5.28. The Kier molecular flexibility index (Phi) is 7.27. The third kappa shape index (κ3) is 5.59. The van der Waals surface area contributed by atoms with Gasteiger partial charge >= 0.3 is 0 Å². The number of carbonyl (C=O) groups is 2. The quantitative estimate of drug-likeness (QED) is 0.294. The van der Waals surface area contributed by atoms with Crippen LogP contribution in [0.3, 0.4) is 0 Å². The lowest BCUT2D eigenvalue weighted by Gasteiger charge is -2.11. The van der Waals surface area contributed by atoms with Gasteiger partial charge in [-0.25, -0.2) is 9.37 Å². The number of benzene rings is 2. The van der Waals surface area contributed by atoms with Crippen LogP contribution in [0.2, 0.25) is 5.02 Å². The second-order valence-electron chi connectivity index (χ2n) is 7.24. The second kappa shape index (κ2) is 10.7. The Morgan fingerprint density at radius 3 is 2.63 bits per heavy atom. The molecule has 0 saturated heterocycles. The Bertz CT molecular complexity index is 1400. The Balaban J connectivity index is 1.56. The number of methoxy groups -OCH3 is 1. The van der Waals surface area contributed by atoms with E-state index in [1.54, 1.807) is 41.0 Å². The van der Waals surface area contributed by atoms with Crippen LogP contribution in [0.25, 0.3) is 23.2 Å². The summed E-state index contributed by atoms with van der Waals surface area (Å²) in [5, 5.41) is 11.4. The summed E-state index contributed by atoms with van der Waals surface area (Å²) in [5.74, 6) is -0.147. The Hall–Kier alpha value is -4.37. The van der Waals surface area contributed by atoms with Gasteiger partial charge in [-0.05, 0) is 48.5 Å². The number of ketones is 1. The van der Waals surface area contributed by atoms with E-state index in [0.29, 0.717) is 39.4 Å². The molecule has 0 unspecified atom stereocenters. The van der Waals surface area contributed by atoms with Crippen LogP contribution in [0.5, 0.6) is 5.88 Å². The number of amides is 1. The molecule has 0 aliphatic heterocycles. The normalized spacial score (nSPS) is 10.9. The van der Waals surface area contributed by atoms with Crippen molar-refractivity contribution in [2.75, 3.05) is 13.7 Å². The van der Waals surface area contributed by atoms with E-state index in [-0.39, 0.29) is 18.1 Å². The van der Waals surface area contributed by atoms with Gasteiger partial charge in [0.1, 0.15) is 5.82 Å². The maximum Gasteiger partial charge on any atom is 0.244 e. The van der Waals surface area contributed by atoms with Gasteiger partial charge in [-0.15, -0.1) is 10.2 Å². The second-order valence-corrected chi connectivity index (χ2v) is 7.64. The predicted octanol–water partition coefficient (Wildman–Crippen LogP) is 4.14. The standard InChI is InChI=1S/C25H19ClFN5O3/c1-35-24-14-17(12-13-28-24)21(33)15-29-23(34)11-10-22-30-31-25(16-6-8-18(27)9-7-16)32(22)20-5-3-2-4-19(20)26/h2-14H,15H2,1H3,(H,29,34)/b11-10+. The van der Waals surface area contributed by atoms with Gasteiger partial charge in [0.15, 0.2) is 17.4 Å². The van der Waals surface area contributed by atoms with Crippen molar-refractivity contribution in [2.24, 2.45) is 0 Å². The van der Waals surface area contributed by atoms with Crippen molar-refractivity contribution in [2.45, 2.75) is 0 Å². The Labute approximate surface area is 205 Å². The monoisotopic (exact) mass is 491 g/mol. The summed E-state index contributed by atoms with van der Waals surface area (Å²) in [7, 11) is 1.45. The molecule has 35 heavy (non-hydrogen) atoms. The van der Waals surface area contributed by atoms with Crippen LogP contribution in [0.4, 0.5) is 4.39 Å². The average molecular weight is 492 g/mol. The first-order valence-corrected chi connectivity index (χ1v) is 10.8. The van der Waals surface area contributed by atoms with E-state index in [1.807, 2.05) is 0 Å². The van der Waals surface area contributed by atoms with E-state index in [2.05, 4.69) is 20.5 Å². The smallest absolute Gasteiger partial charge is 0.244 e. The van der Waals surface area contributed by atoms with Crippen LogP contribution in [0.15, 0.2) is 72.9 Å². The minimum Gasteiger partial charge on any atom is -0.481 e. The van der Waals surface area contributed by atoms with Crippen molar-refractivity contribution in [1.82, 2.24) is 25.1 Å². The molecule has 1 amide bonds. The number of Topliss-reactive ketones (excluding diaryl/α,β-unsaturated/α-hetero) is 1. The number of aromatic nitrogens is 4. The van der Waals surface area contributed by atoms with Crippen LogP contribution < -0.4 is 10.1 Å². The minimum atomic E-state index is -0.503. The molecule has 2 aromatic heterocycles. The van der Waals surface area contributed by atoms with Crippen molar-refractivity contribution in [3.63, 3.8) is 0 Å². The number of para-hydroxylation sites is 1. The third-order valence-electron chi connectivity index (χ3n) is 4.96. The molecule has 4 aromatic rings. The van der Waals surface area contributed by atoms with E-state index >= 15 is 0 Å². The Morgan fingerprint density at radius 1 is 1.11 bits per heavy atom. The molecule has 8 nitrogen and oxygen atoms in total. The zero-order chi connectivity index (χ0) is 24.8. The molecule has 0 aliphatic carbocycles. The van der Waals surface area contributed by atoms with Gasteiger partial charge in [0.25, 0.3) is 0 Å². The fourth-order valence-electron chi connectivity index (χ4n) is 3.23. The maximum absolute atomic E-state index is 13.4. The number of hydrogen-bond donors (Lipinski definition) is 1. The van der Waals surface area contributed by atoms with Gasteiger partial charge in [0.2, 0.25) is 11.8 Å². The molecule has 4 rings (SSSR count). The highest BCUT2D eigenvalue weighted by Crippen LogP contribution is 2.28.